The van der Waals surface area contributed by atoms with E-state index in [2.05, 4.69) is 0 Å². The van der Waals surface area contributed by atoms with E-state index >= 15 is 0 Å². The van der Waals surface area contributed by atoms with Crippen LogP contribution < -0.4 is 0 Å². The number of carboxylic acids is 1. The molecular formula is C11H15NO3S2. The lowest BCUT2D eigenvalue weighted by Crippen LogP contribution is -2.41. The molecule has 6 heteroatoms. The second-order valence-corrected chi connectivity index (χ2v) is 5.61. The molecule has 1 N–H and O–H groups in total. The van der Waals surface area contributed by atoms with E-state index in [9.17, 15) is 9.59 Å². The van der Waals surface area contributed by atoms with Gasteiger partial charge in [0.2, 0.25) is 5.91 Å². The summed E-state index contributed by atoms with van der Waals surface area (Å²) in [6.45, 7) is 1.50. The van der Waals surface area contributed by atoms with Gasteiger partial charge in [-0.25, -0.2) is 4.79 Å². The molecule has 1 rings (SSSR count). The van der Waals surface area contributed by atoms with Crippen LogP contribution in [0.3, 0.4) is 0 Å². The summed E-state index contributed by atoms with van der Waals surface area (Å²) in [6, 6.07) is 3.22. The highest BCUT2D eigenvalue weighted by molar-refractivity contribution is 7.99. The molecular weight excluding hydrogens is 258 g/mol. The second kappa shape index (κ2) is 6.66. The molecule has 0 saturated carbocycles. The molecule has 94 valence electrons. The molecule has 0 bridgehead atoms. The highest BCUT2D eigenvalue weighted by Crippen LogP contribution is 2.17. The third kappa shape index (κ3) is 4.40. The van der Waals surface area contributed by atoms with Gasteiger partial charge in [-0.2, -0.15) is 0 Å². The average Bonchev–Trinajstić information content (AvgIpc) is 2.79. The minimum Gasteiger partial charge on any atom is -0.480 e. The van der Waals surface area contributed by atoms with Crippen molar-refractivity contribution in [2.75, 3.05) is 12.8 Å². The van der Waals surface area contributed by atoms with Gasteiger partial charge < -0.3 is 10.0 Å². The molecule has 1 unspecified atom stereocenters. The van der Waals surface area contributed by atoms with Crippen LogP contribution in [-0.4, -0.2) is 40.7 Å². The lowest BCUT2D eigenvalue weighted by Gasteiger charge is -2.21. The number of hydrogen-bond acceptors (Lipinski definition) is 4. The standard InChI is InChI=1S/C11H15NO3S2/c1-8(11(14)15)12(2)10(13)7-16-6-9-4-3-5-17-9/h3-5,8H,6-7H2,1-2H3,(H,14,15). The Hall–Kier alpha value is -1.01. The van der Waals surface area contributed by atoms with Crippen molar-refractivity contribution in [3.05, 3.63) is 22.4 Å². The van der Waals surface area contributed by atoms with Crippen LogP contribution in [0.4, 0.5) is 0 Å². The van der Waals surface area contributed by atoms with Gasteiger partial charge in [0.1, 0.15) is 6.04 Å². The van der Waals surface area contributed by atoms with Crippen molar-refractivity contribution in [2.24, 2.45) is 0 Å². The molecule has 0 aromatic carbocycles. The molecule has 0 aliphatic rings. The summed E-state index contributed by atoms with van der Waals surface area (Å²) in [5, 5.41) is 10.8. The maximum absolute atomic E-state index is 11.7. The Kier molecular flexibility index (Phi) is 5.50. The maximum Gasteiger partial charge on any atom is 0.326 e. The molecule has 0 aliphatic heterocycles. The normalized spacial score (nSPS) is 12.1. The van der Waals surface area contributed by atoms with Crippen molar-refractivity contribution in [3.8, 4) is 0 Å². The summed E-state index contributed by atoms with van der Waals surface area (Å²) in [6.07, 6.45) is 0. The number of rotatable bonds is 6. The molecule has 0 saturated heterocycles. The smallest absolute Gasteiger partial charge is 0.326 e. The summed E-state index contributed by atoms with van der Waals surface area (Å²) in [5.74, 6) is -0.0318. The number of amides is 1. The zero-order chi connectivity index (χ0) is 12.8. The molecule has 0 spiro atoms. The van der Waals surface area contributed by atoms with E-state index in [-0.39, 0.29) is 5.91 Å². The van der Waals surface area contributed by atoms with Crippen LogP contribution in [0.25, 0.3) is 0 Å². The average molecular weight is 273 g/mol. The molecule has 17 heavy (non-hydrogen) atoms. The minimum absolute atomic E-state index is 0.151. The third-order valence-corrected chi connectivity index (χ3v) is 4.41. The van der Waals surface area contributed by atoms with Gasteiger partial charge >= 0.3 is 5.97 Å². The fourth-order valence-corrected chi connectivity index (χ4v) is 2.91. The molecule has 1 atom stereocenters. The van der Waals surface area contributed by atoms with Gasteiger partial charge in [0.05, 0.1) is 5.75 Å². The highest BCUT2D eigenvalue weighted by Gasteiger charge is 2.21. The summed E-state index contributed by atoms with van der Waals surface area (Å²) < 4.78 is 0. The van der Waals surface area contributed by atoms with Gasteiger partial charge in [-0.15, -0.1) is 23.1 Å². The van der Waals surface area contributed by atoms with E-state index in [0.717, 1.165) is 5.75 Å². The molecule has 1 heterocycles. The van der Waals surface area contributed by atoms with E-state index in [1.54, 1.807) is 11.3 Å². The van der Waals surface area contributed by atoms with Gasteiger partial charge in [-0.05, 0) is 18.4 Å². The largest absolute Gasteiger partial charge is 0.480 e. The highest BCUT2D eigenvalue weighted by atomic mass is 32.2. The van der Waals surface area contributed by atoms with Crippen molar-refractivity contribution in [2.45, 2.75) is 18.7 Å². The predicted molar refractivity (Wildman–Crippen MR) is 70.3 cm³/mol. The molecule has 0 radical (unpaired) electrons. The van der Waals surface area contributed by atoms with Gasteiger partial charge in [0.15, 0.2) is 0 Å². The molecule has 4 nitrogen and oxygen atoms in total. The van der Waals surface area contributed by atoms with Crippen molar-refractivity contribution in [1.29, 1.82) is 0 Å². The van der Waals surface area contributed by atoms with Gasteiger partial charge in [0.25, 0.3) is 0 Å². The quantitative estimate of drug-likeness (QED) is 0.860. The van der Waals surface area contributed by atoms with E-state index < -0.39 is 12.0 Å². The third-order valence-electron chi connectivity index (χ3n) is 2.38. The summed E-state index contributed by atoms with van der Waals surface area (Å²) in [5.41, 5.74) is 0. The van der Waals surface area contributed by atoms with Gasteiger partial charge in [-0.3, -0.25) is 4.79 Å². The first-order valence-corrected chi connectivity index (χ1v) is 7.14. The van der Waals surface area contributed by atoms with Crippen LogP contribution >= 0.6 is 23.1 Å². The Morgan fingerprint density at radius 1 is 1.59 bits per heavy atom. The van der Waals surface area contributed by atoms with Crippen molar-refractivity contribution < 1.29 is 14.7 Å². The predicted octanol–water partition coefficient (Wildman–Crippen LogP) is 1.91. The van der Waals surface area contributed by atoms with Crippen LogP contribution in [0, 0.1) is 0 Å². The topological polar surface area (TPSA) is 57.6 Å². The number of hydrogen-bond donors (Lipinski definition) is 1. The number of likely N-dealkylation sites (N-methyl/N-ethyl adjacent to an activating group) is 1. The van der Waals surface area contributed by atoms with E-state index in [1.165, 1.54) is 35.5 Å². The van der Waals surface area contributed by atoms with Crippen LogP contribution in [0.1, 0.15) is 11.8 Å². The zero-order valence-electron chi connectivity index (χ0n) is 9.75. The van der Waals surface area contributed by atoms with Crippen LogP contribution in [0.15, 0.2) is 17.5 Å². The number of nitrogens with zero attached hydrogens (tertiary/aromatic N) is 1. The molecule has 0 fully saturated rings. The summed E-state index contributed by atoms with van der Waals surface area (Å²) in [4.78, 5) is 24.9. The molecule has 0 aliphatic carbocycles. The lowest BCUT2D eigenvalue weighted by atomic mass is 10.3. The fourth-order valence-electron chi connectivity index (χ4n) is 1.12. The zero-order valence-corrected chi connectivity index (χ0v) is 11.4. The van der Waals surface area contributed by atoms with Crippen LogP contribution in [0.2, 0.25) is 0 Å². The monoisotopic (exact) mass is 273 g/mol. The van der Waals surface area contributed by atoms with E-state index in [0.29, 0.717) is 5.75 Å². The SMILES string of the molecule is CC(C(=O)O)N(C)C(=O)CSCc1cccs1. The summed E-state index contributed by atoms with van der Waals surface area (Å²) >= 11 is 3.16. The van der Waals surface area contributed by atoms with Crippen LogP contribution in [0.5, 0.6) is 0 Å². The second-order valence-electron chi connectivity index (χ2n) is 3.59. The van der Waals surface area contributed by atoms with E-state index in [4.69, 9.17) is 5.11 Å². The Balaban J connectivity index is 2.32. The number of aliphatic carboxylic acids is 1. The Morgan fingerprint density at radius 2 is 2.29 bits per heavy atom. The van der Waals surface area contributed by atoms with Gasteiger partial charge in [0, 0.05) is 17.7 Å². The number of thioether (sulfide) groups is 1. The molecule has 1 aromatic heterocycles. The number of carbonyl (C=O) groups excluding carboxylic acids is 1. The number of carbonyl (C=O) groups is 2. The van der Waals surface area contributed by atoms with Crippen molar-refractivity contribution in [1.82, 2.24) is 4.90 Å². The van der Waals surface area contributed by atoms with Crippen LogP contribution in [-0.2, 0) is 15.3 Å². The summed E-state index contributed by atoms with van der Waals surface area (Å²) in [7, 11) is 1.52. The first-order valence-electron chi connectivity index (χ1n) is 5.11. The fraction of sp³-hybridized carbons (Fsp3) is 0.455. The number of carboxylic acid groups (broad SMARTS) is 1. The Labute approximate surface area is 109 Å². The lowest BCUT2D eigenvalue weighted by molar-refractivity contribution is -0.147. The maximum atomic E-state index is 11.7. The van der Waals surface area contributed by atoms with Crippen molar-refractivity contribution >= 4 is 35.0 Å². The van der Waals surface area contributed by atoms with Crippen molar-refractivity contribution in [3.63, 3.8) is 0 Å². The molecule has 1 aromatic rings. The van der Waals surface area contributed by atoms with Gasteiger partial charge in [-0.1, -0.05) is 6.07 Å². The first-order chi connectivity index (χ1) is 8.02. The van der Waals surface area contributed by atoms with E-state index in [1.807, 2.05) is 17.5 Å². The number of thiophene rings is 1. The molecule has 1 amide bonds. The minimum atomic E-state index is -0.982. The Bertz CT molecular complexity index is 378. The Morgan fingerprint density at radius 3 is 2.82 bits per heavy atom. The first kappa shape index (κ1) is 14.1.